The molecular weight excluding hydrogens is 358 g/mol. The van der Waals surface area contributed by atoms with E-state index in [1.165, 1.54) is 0 Å². The van der Waals surface area contributed by atoms with Crippen LogP contribution in [0.5, 0.6) is 0 Å². The van der Waals surface area contributed by atoms with Gasteiger partial charge in [0.2, 0.25) is 0 Å². The molecule has 1 nitrogen and oxygen atoms in total. The molecule has 0 amide bonds. The van der Waals surface area contributed by atoms with E-state index < -0.39 is 88.1 Å². The summed E-state index contributed by atoms with van der Waals surface area (Å²) in [4.78, 5) is 0. The van der Waals surface area contributed by atoms with Crippen LogP contribution in [0.1, 0.15) is 39.5 Å². The third-order valence-electron chi connectivity index (χ3n) is 4.00. The van der Waals surface area contributed by atoms with Crippen molar-refractivity contribution in [3.63, 3.8) is 0 Å². The van der Waals surface area contributed by atoms with Crippen molar-refractivity contribution < 1.29 is 40.4 Å². The molecule has 0 aromatic heterocycles. The SMILES string of the molecule is CC(F)C(F)CCC(F)C(F)C[NH2+]CC(F)C(F)CCC(F)C(C)F. The zero-order valence-electron chi connectivity index (χ0n) is 14.5. The van der Waals surface area contributed by atoms with Gasteiger partial charge in [0.1, 0.15) is 50.1 Å². The topological polar surface area (TPSA) is 16.6 Å². The number of rotatable bonds is 14. The Morgan fingerprint density at radius 3 is 1.04 bits per heavy atom. The van der Waals surface area contributed by atoms with E-state index in [4.69, 9.17) is 0 Å². The number of quaternary nitrogens is 1. The van der Waals surface area contributed by atoms with Crippen LogP contribution < -0.4 is 5.32 Å². The average molecular weight is 386 g/mol. The van der Waals surface area contributed by atoms with Crippen molar-refractivity contribution in [1.82, 2.24) is 0 Å². The molecule has 0 radical (unpaired) electrons. The van der Waals surface area contributed by atoms with Gasteiger partial charge < -0.3 is 5.32 Å². The fourth-order valence-electron chi connectivity index (χ4n) is 2.17. The first-order chi connectivity index (χ1) is 11.6. The van der Waals surface area contributed by atoms with Crippen molar-refractivity contribution in [2.75, 3.05) is 13.1 Å². The molecular formula is C16H28F8N+. The molecule has 8 unspecified atom stereocenters. The summed E-state index contributed by atoms with van der Waals surface area (Å²) in [6.45, 7) is 0.965. The molecule has 0 bridgehead atoms. The molecule has 152 valence electrons. The summed E-state index contributed by atoms with van der Waals surface area (Å²) in [7, 11) is 0. The van der Waals surface area contributed by atoms with Crippen molar-refractivity contribution in [3.05, 3.63) is 0 Å². The summed E-state index contributed by atoms with van der Waals surface area (Å²) >= 11 is 0. The van der Waals surface area contributed by atoms with Crippen LogP contribution in [0.4, 0.5) is 35.1 Å². The minimum atomic E-state index is -2.02. The lowest BCUT2D eigenvalue weighted by molar-refractivity contribution is -0.665. The first kappa shape index (κ1) is 24.4. The van der Waals surface area contributed by atoms with Crippen LogP contribution >= 0.6 is 0 Å². The molecule has 0 heterocycles. The van der Waals surface area contributed by atoms with Gasteiger partial charge in [-0.15, -0.1) is 0 Å². The molecule has 25 heavy (non-hydrogen) atoms. The second-order valence-electron chi connectivity index (χ2n) is 6.37. The molecule has 2 N–H and O–H groups in total. The Morgan fingerprint density at radius 2 is 0.760 bits per heavy atom. The van der Waals surface area contributed by atoms with Gasteiger partial charge in [0.05, 0.1) is 0 Å². The van der Waals surface area contributed by atoms with Gasteiger partial charge in [-0.05, 0) is 39.5 Å². The molecule has 0 saturated carbocycles. The molecule has 9 heteroatoms. The monoisotopic (exact) mass is 386 g/mol. The predicted octanol–water partition coefficient (Wildman–Crippen LogP) is 3.85. The predicted molar refractivity (Wildman–Crippen MR) is 80.6 cm³/mol. The lowest BCUT2D eigenvalue weighted by atomic mass is 10.1. The summed E-state index contributed by atoms with van der Waals surface area (Å²) < 4.78 is 105. The molecule has 0 fully saturated rings. The molecule has 0 rings (SSSR count). The van der Waals surface area contributed by atoms with E-state index >= 15 is 0 Å². The van der Waals surface area contributed by atoms with Crippen LogP contribution in [0, 0.1) is 0 Å². The Balaban J connectivity index is 3.95. The van der Waals surface area contributed by atoms with Crippen molar-refractivity contribution >= 4 is 0 Å². The maximum absolute atomic E-state index is 13.5. The number of halogens is 8. The fourth-order valence-corrected chi connectivity index (χ4v) is 2.17. The number of nitrogens with two attached hydrogens (primary N) is 1. The van der Waals surface area contributed by atoms with E-state index in [0.29, 0.717) is 0 Å². The molecule has 0 saturated heterocycles. The average Bonchev–Trinajstić information content (AvgIpc) is 2.55. The van der Waals surface area contributed by atoms with E-state index in [-0.39, 0.29) is 0 Å². The van der Waals surface area contributed by atoms with E-state index in [2.05, 4.69) is 0 Å². The van der Waals surface area contributed by atoms with E-state index in [1.807, 2.05) is 0 Å². The second kappa shape index (κ2) is 12.7. The maximum atomic E-state index is 13.5. The highest BCUT2D eigenvalue weighted by atomic mass is 19.2. The van der Waals surface area contributed by atoms with Gasteiger partial charge in [-0.3, -0.25) is 0 Å². The number of hydrogen-bond acceptors (Lipinski definition) is 0. The Labute approximate surface area is 143 Å². The first-order valence-corrected chi connectivity index (χ1v) is 8.50. The minimum absolute atomic E-state index is 0.463. The number of hydrogen-bond donors (Lipinski definition) is 1. The van der Waals surface area contributed by atoms with Gasteiger partial charge >= 0.3 is 0 Å². The van der Waals surface area contributed by atoms with Gasteiger partial charge in [0.15, 0.2) is 12.3 Å². The highest BCUT2D eigenvalue weighted by Crippen LogP contribution is 2.17. The summed E-state index contributed by atoms with van der Waals surface area (Å²) in [5.41, 5.74) is 0. The fraction of sp³-hybridized carbons (Fsp3) is 1.00. The van der Waals surface area contributed by atoms with Crippen molar-refractivity contribution in [2.24, 2.45) is 0 Å². The van der Waals surface area contributed by atoms with E-state index in [0.717, 1.165) is 19.2 Å². The van der Waals surface area contributed by atoms with Gasteiger partial charge in [-0.25, -0.2) is 35.1 Å². The van der Waals surface area contributed by atoms with Crippen LogP contribution in [0.2, 0.25) is 0 Å². The third-order valence-corrected chi connectivity index (χ3v) is 4.00. The van der Waals surface area contributed by atoms with Crippen molar-refractivity contribution in [2.45, 2.75) is 88.9 Å². The van der Waals surface area contributed by atoms with Crippen LogP contribution in [-0.4, -0.2) is 62.5 Å². The van der Waals surface area contributed by atoms with Crippen molar-refractivity contribution in [3.8, 4) is 0 Å². The molecule has 0 aromatic rings. The smallest absolute Gasteiger partial charge is 0.179 e. The Kier molecular flexibility index (Phi) is 12.4. The van der Waals surface area contributed by atoms with E-state index in [1.54, 1.807) is 0 Å². The lowest BCUT2D eigenvalue weighted by Gasteiger charge is -2.17. The molecule has 0 aromatic carbocycles. The lowest BCUT2D eigenvalue weighted by Crippen LogP contribution is -2.88. The Hall–Kier alpha value is -0.600. The molecule has 0 aliphatic rings. The van der Waals surface area contributed by atoms with Crippen LogP contribution in [-0.2, 0) is 0 Å². The summed E-state index contributed by atoms with van der Waals surface area (Å²) in [5, 5.41) is 1.03. The zero-order valence-corrected chi connectivity index (χ0v) is 14.5. The molecule has 0 spiro atoms. The third kappa shape index (κ3) is 10.9. The Morgan fingerprint density at radius 1 is 0.480 bits per heavy atom. The standard InChI is InChI=1S/C16H27F8N/c1-9(17)11(19)3-5-13(21)15(23)7-25-8-16(24)14(22)6-4-12(20)10(2)18/h9-16,25H,3-8H2,1-2H3/p+1. The summed E-state index contributed by atoms with van der Waals surface area (Å²) in [6, 6.07) is 0. The maximum Gasteiger partial charge on any atom is 0.179 e. The van der Waals surface area contributed by atoms with Crippen LogP contribution in [0.25, 0.3) is 0 Å². The highest BCUT2D eigenvalue weighted by molar-refractivity contribution is 4.73. The van der Waals surface area contributed by atoms with Gasteiger partial charge in [-0.1, -0.05) is 0 Å². The van der Waals surface area contributed by atoms with Crippen LogP contribution in [0.3, 0.4) is 0 Å². The number of alkyl halides is 8. The summed E-state index contributed by atoms with van der Waals surface area (Å²) in [6.07, 6.45) is -17.3. The van der Waals surface area contributed by atoms with Gasteiger partial charge in [0, 0.05) is 0 Å². The molecule has 8 atom stereocenters. The second-order valence-corrected chi connectivity index (χ2v) is 6.37. The van der Waals surface area contributed by atoms with Crippen molar-refractivity contribution in [1.29, 1.82) is 0 Å². The minimum Gasteiger partial charge on any atom is -0.341 e. The normalized spacial score (nSPS) is 21.8. The van der Waals surface area contributed by atoms with E-state index in [9.17, 15) is 35.1 Å². The molecule has 0 aliphatic heterocycles. The molecule has 0 aliphatic carbocycles. The largest absolute Gasteiger partial charge is 0.341 e. The zero-order chi connectivity index (χ0) is 19.6. The Bertz CT molecular complexity index is 301. The summed E-state index contributed by atoms with van der Waals surface area (Å²) in [5.74, 6) is 0. The van der Waals surface area contributed by atoms with Crippen LogP contribution in [0.15, 0.2) is 0 Å². The quantitative estimate of drug-likeness (QED) is 0.437. The highest BCUT2D eigenvalue weighted by Gasteiger charge is 2.28. The van der Waals surface area contributed by atoms with Gasteiger partial charge in [0.25, 0.3) is 0 Å². The first-order valence-electron chi connectivity index (χ1n) is 8.50. The van der Waals surface area contributed by atoms with Gasteiger partial charge in [-0.2, -0.15) is 0 Å².